The third-order valence-electron chi connectivity index (χ3n) is 2.13. The molecule has 0 heterocycles. The van der Waals surface area contributed by atoms with Gasteiger partial charge in [-0.2, -0.15) is 0 Å². The van der Waals surface area contributed by atoms with Gasteiger partial charge in [0.25, 0.3) is 0 Å². The lowest BCUT2D eigenvalue weighted by molar-refractivity contribution is 0.0538. The smallest absolute Gasteiger partial charge is 0.0545 e. The average molecular weight is 160 g/mol. The zero-order chi connectivity index (χ0) is 8.36. The fraction of sp³-hybridized carbons (Fsp3) is 1.00. The zero-order valence-electron chi connectivity index (χ0n) is 7.81. The molecule has 0 bridgehead atoms. The van der Waals surface area contributed by atoms with Crippen LogP contribution in [0.3, 0.4) is 0 Å². The van der Waals surface area contributed by atoms with Crippen molar-refractivity contribution >= 4 is 0 Å². The molecule has 0 aromatic heterocycles. The number of rotatable bonds is 2. The molecule has 0 fully saturated rings. The summed E-state index contributed by atoms with van der Waals surface area (Å²) in [6, 6.07) is 0. The predicted molar refractivity (Wildman–Crippen MR) is 51.6 cm³/mol. The van der Waals surface area contributed by atoms with E-state index >= 15 is 0 Å². The van der Waals surface area contributed by atoms with Crippen molar-refractivity contribution in [3.05, 3.63) is 0 Å². The van der Waals surface area contributed by atoms with Crippen molar-refractivity contribution in [3.63, 3.8) is 0 Å². The highest BCUT2D eigenvalue weighted by atomic mass is 16.3. The molecule has 11 heavy (non-hydrogen) atoms. The van der Waals surface area contributed by atoms with E-state index in [1.54, 1.807) is 0 Å². The molecule has 0 radical (unpaired) electrons. The quantitative estimate of drug-likeness (QED) is 0.658. The van der Waals surface area contributed by atoms with Gasteiger partial charge in [0.15, 0.2) is 0 Å². The lowest BCUT2D eigenvalue weighted by Crippen LogP contribution is -2.29. The van der Waals surface area contributed by atoms with Crippen molar-refractivity contribution in [2.75, 3.05) is 0 Å². The molecule has 0 aliphatic heterocycles. The van der Waals surface area contributed by atoms with E-state index in [9.17, 15) is 5.11 Å². The van der Waals surface area contributed by atoms with E-state index < -0.39 is 0 Å². The summed E-state index contributed by atoms with van der Waals surface area (Å²) in [5, 5.41) is 9.35. The van der Waals surface area contributed by atoms with Crippen LogP contribution >= 0.6 is 0 Å². The van der Waals surface area contributed by atoms with Gasteiger partial charge >= 0.3 is 0 Å². The van der Waals surface area contributed by atoms with Crippen LogP contribution in [0.2, 0.25) is 0 Å². The molecule has 1 unspecified atom stereocenters. The molecule has 0 aromatic rings. The molecular weight excluding hydrogens is 136 g/mol. The molecular formula is C10H24O. The molecule has 0 saturated carbocycles. The van der Waals surface area contributed by atoms with Crippen LogP contribution in [0.4, 0.5) is 0 Å². The van der Waals surface area contributed by atoms with E-state index in [4.69, 9.17) is 0 Å². The molecule has 0 aromatic carbocycles. The molecule has 0 aliphatic rings. The number of hydrogen-bond acceptors (Lipinski definition) is 1. The third kappa shape index (κ3) is 4.41. The Morgan fingerprint density at radius 1 is 1.27 bits per heavy atom. The first kappa shape index (κ1) is 13.5. The summed E-state index contributed by atoms with van der Waals surface area (Å²) in [4.78, 5) is 0. The second-order valence-corrected chi connectivity index (χ2v) is 4.12. The molecule has 0 amide bonds. The summed E-state index contributed by atoms with van der Waals surface area (Å²) in [6.45, 7) is 10.5. The summed E-state index contributed by atoms with van der Waals surface area (Å²) in [6.07, 6.45) is 0.881. The van der Waals surface area contributed by atoms with Gasteiger partial charge in [0.05, 0.1) is 6.10 Å². The first-order valence-electron chi connectivity index (χ1n) is 4.07. The van der Waals surface area contributed by atoms with Crippen molar-refractivity contribution in [1.82, 2.24) is 0 Å². The molecule has 1 heteroatoms. The minimum absolute atomic E-state index is 0. The number of aliphatic hydroxyl groups excluding tert-OH is 1. The minimum Gasteiger partial charge on any atom is -0.393 e. The molecule has 0 rings (SSSR count). The van der Waals surface area contributed by atoms with E-state index in [1.807, 2.05) is 6.92 Å². The van der Waals surface area contributed by atoms with Crippen LogP contribution in [0, 0.1) is 11.3 Å². The van der Waals surface area contributed by atoms with Gasteiger partial charge in [-0.1, -0.05) is 41.5 Å². The highest BCUT2D eigenvalue weighted by Gasteiger charge is 2.26. The van der Waals surface area contributed by atoms with E-state index in [0.717, 1.165) is 6.42 Å². The first-order chi connectivity index (χ1) is 4.39. The topological polar surface area (TPSA) is 20.2 Å². The molecule has 1 N–H and O–H groups in total. The van der Waals surface area contributed by atoms with E-state index in [0.29, 0.717) is 5.92 Å². The Bertz CT molecular complexity index is 89.5. The number of hydrogen-bond donors (Lipinski definition) is 1. The van der Waals surface area contributed by atoms with Gasteiger partial charge in [-0.3, -0.25) is 0 Å². The van der Waals surface area contributed by atoms with E-state index in [-0.39, 0.29) is 18.9 Å². The Kier molecular flexibility index (Phi) is 5.86. The standard InChI is InChI=1S/C9H20O.CH4/c1-6-8(7(2)10)9(3,4)5;/h7-8,10H,6H2,1-5H3;1H4/t7?,8-;/m0./s1. The highest BCUT2D eigenvalue weighted by Crippen LogP contribution is 2.30. The van der Waals surface area contributed by atoms with Crippen molar-refractivity contribution in [2.24, 2.45) is 11.3 Å². The van der Waals surface area contributed by atoms with Gasteiger partial charge in [-0.05, 0) is 18.3 Å². The summed E-state index contributed by atoms with van der Waals surface area (Å²) in [5.41, 5.74) is 0.239. The van der Waals surface area contributed by atoms with Crippen LogP contribution < -0.4 is 0 Å². The van der Waals surface area contributed by atoms with Gasteiger partial charge < -0.3 is 5.11 Å². The Labute approximate surface area is 71.8 Å². The Morgan fingerprint density at radius 2 is 1.64 bits per heavy atom. The first-order valence-corrected chi connectivity index (χ1v) is 4.07. The maximum Gasteiger partial charge on any atom is 0.0545 e. The Hall–Kier alpha value is -0.0400. The summed E-state index contributed by atoms with van der Waals surface area (Å²) >= 11 is 0. The van der Waals surface area contributed by atoms with Crippen LogP contribution in [0.25, 0.3) is 0 Å². The van der Waals surface area contributed by atoms with Gasteiger partial charge in [0, 0.05) is 0 Å². The normalized spacial score (nSPS) is 16.9. The fourth-order valence-corrected chi connectivity index (χ4v) is 1.68. The van der Waals surface area contributed by atoms with Gasteiger partial charge in [0.2, 0.25) is 0 Å². The zero-order valence-corrected chi connectivity index (χ0v) is 7.81. The van der Waals surface area contributed by atoms with Gasteiger partial charge in [-0.15, -0.1) is 0 Å². The van der Waals surface area contributed by atoms with Crippen molar-refractivity contribution < 1.29 is 5.11 Å². The summed E-state index contributed by atoms with van der Waals surface area (Å²) < 4.78 is 0. The molecule has 2 atom stereocenters. The van der Waals surface area contributed by atoms with E-state index in [1.165, 1.54) is 0 Å². The van der Waals surface area contributed by atoms with Crippen LogP contribution in [0.1, 0.15) is 48.5 Å². The monoisotopic (exact) mass is 160 g/mol. The summed E-state index contributed by atoms with van der Waals surface area (Å²) in [5.74, 6) is 0.424. The maximum atomic E-state index is 9.35. The highest BCUT2D eigenvalue weighted by molar-refractivity contribution is 4.76. The van der Waals surface area contributed by atoms with Crippen LogP contribution in [-0.2, 0) is 0 Å². The van der Waals surface area contributed by atoms with Crippen molar-refractivity contribution in [3.8, 4) is 0 Å². The molecule has 0 spiro atoms. The Balaban J connectivity index is 0. The predicted octanol–water partition coefficient (Wildman–Crippen LogP) is 3.08. The second-order valence-electron chi connectivity index (χ2n) is 4.12. The molecule has 1 nitrogen and oxygen atoms in total. The summed E-state index contributed by atoms with van der Waals surface area (Å²) in [7, 11) is 0. The number of aliphatic hydroxyl groups is 1. The van der Waals surface area contributed by atoms with Crippen molar-refractivity contribution in [1.29, 1.82) is 0 Å². The van der Waals surface area contributed by atoms with Gasteiger partial charge in [0.1, 0.15) is 0 Å². The van der Waals surface area contributed by atoms with Crippen LogP contribution in [0.15, 0.2) is 0 Å². The van der Waals surface area contributed by atoms with Gasteiger partial charge in [-0.25, -0.2) is 0 Å². The minimum atomic E-state index is -0.176. The molecule has 70 valence electrons. The lowest BCUT2D eigenvalue weighted by Gasteiger charge is -2.31. The second kappa shape index (κ2) is 4.76. The third-order valence-corrected chi connectivity index (χ3v) is 2.13. The maximum absolute atomic E-state index is 9.35. The van der Waals surface area contributed by atoms with Crippen molar-refractivity contribution in [2.45, 2.75) is 54.6 Å². The Morgan fingerprint density at radius 3 is 1.64 bits per heavy atom. The van der Waals surface area contributed by atoms with E-state index in [2.05, 4.69) is 27.7 Å². The SMILES string of the molecule is C.CC[C@@H](C(C)O)C(C)(C)C. The molecule has 0 saturated heterocycles. The largest absolute Gasteiger partial charge is 0.393 e. The molecule has 0 aliphatic carbocycles. The average Bonchev–Trinajstić information content (AvgIpc) is 1.60. The lowest BCUT2D eigenvalue weighted by atomic mass is 9.76. The van der Waals surface area contributed by atoms with Crippen LogP contribution in [0.5, 0.6) is 0 Å². The fourth-order valence-electron chi connectivity index (χ4n) is 1.68. The van der Waals surface area contributed by atoms with Crippen LogP contribution in [-0.4, -0.2) is 11.2 Å².